The molecule has 1 atom stereocenters. The van der Waals surface area contributed by atoms with Crippen LogP contribution in [-0.2, 0) is 4.79 Å². The minimum absolute atomic E-state index is 0.0810. The van der Waals surface area contributed by atoms with Crippen molar-refractivity contribution >= 4 is 12.0 Å². The molecule has 2 amide bonds. The predicted molar refractivity (Wildman–Crippen MR) is 76.7 cm³/mol. The molecule has 0 aromatic heterocycles. The molecule has 0 fully saturated rings. The quantitative estimate of drug-likeness (QED) is 0.563. The summed E-state index contributed by atoms with van der Waals surface area (Å²) in [6, 6.07) is -0.281. The molecule has 0 saturated carbocycles. The maximum absolute atomic E-state index is 11.9. The number of amides is 2. The Hall–Kier alpha value is -1.34. The number of aliphatic carboxylic acids is 1. The summed E-state index contributed by atoms with van der Waals surface area (Å²) in [5, 5.41) is 21.0. The van der Waals surface area contributed by atoms with Gasteiger partial charge in [0.25, 0.3) is 0 Å². The fraction of sp³-hybridized carbons (Fsp3) is 0.846. The number of nitrogens with zero attached hydrogens (tertiary/aromatic N) is 2. The van der Waals surface area contributed by atoms with E-state index in [4.69, 9.17) is 5.11 Å². The summed E-state index contributed by atoms with van der Waals surface area (Å²) < 4.78 is 0. The Morgan fingerprint density at radius 2 is 1.85 bits per heavy atom. The van der Waals surface area contributed by atoms with Gasteiger partial charge in [-0.05, 0) is 40.9 Å². The van der Waals surface area contributed by atoms with Gasteiger partial charge in [0, 0.05) is 19.6 Å². The first-order valence-corrected chi connectivity index (χ1v) is 6.79. The van der Waals surface area contributed by atoms with Crippen molar-refractivity contribution in [1.82, 2.24) is 15.1 Å². The van der Waals surface area contributed by atoms with Crippen molar-refractivity contribution in [3.63, 3.8) is 0 Å². The Labute approximate surface area is 120 Å². The van der Waals surface area contributed by atoms with E-state index in [1.165, 1.54) is 6.92 Å². The lowest BCUT2D eigenvalue weighted by Crippen LogP contribution is -2.47. The van der Waals surface area contributed by atoms with Gasteiger partial charge in [0.15, 0.2) is 0 Å². The molecule has 0 aromatic carbocycles. The molecule has 0 heterocycles. The molecular weight excluding hydrogens is 262 g/mol. The third-order valence-corrected chi connectivity index (χ3v) is 2.85. The largest absolute Gasteiger partial charge is 0.481 e. The number of carbonyl (C=O) groups excluding carboxylic acids is 1. The number of carboxylic acid groups (broad SMARTS) is 1. The van der Waals surface area contributed by atoms with Gasteiger partial charge in [0.05, 0.1) is 12.0 Å². The second kappa shape index (κ2) is 8.76. The number of aliphatic hydroxyl groups is 1. The van der Waals surface area contributed by atoms with E-state index < -0.39 is 18.0 Å². The van der Waals surface area contributed by atoms with Crippen molar-refractivity contribution in [2.45, 2.75) is 32.3 Å². The summed E-state index contributed by atoms with van der Waals surface area (Å²) in [6.45, 7) is 5.28. The normalized spacial score (nSPS) is 13.9. The van der Waals surface area contributed by atoms with Crippen molar-refractivity contribution < 1.29 is 19.8 Å². The Bertz CT molecular complexity index is 319. The monoisotopic (exact) mass is 289 g/mol. The molecule has 7 heteroatoms. The third kappa shape index (κ3) is 8.71. The van der Waals surface area contributed by atoms with Crippen molar-refractivity contribution in [3.05, 3.63) is 0 Å². The van der Waals surface area contributed by atoms with Crippen molar-refractivity contribution in [1.29, 1.82) is 0 Å². The van der Waals surface area contributed by atoms with Crippen LogP contribution in [0.15, 0.2) is 0 Å². The molecule has 118 valence electrons. The summed E-state index contributed by atoms with van der Waals surface area (Å²) in [4.78, 5) is 26.2. The molecule has 1 unspecified atom stereocenters. The molecule has 0 saturated heterocycles. The van der Waals surface area contributed by atoms with E-state index in [-0.39, 0.29) is 12.6 Å². The first-order valence-electron chi connectivity index (χ1n) is 6.79. The number of hydrogen-bond acceptors (Lipinski definition) is 4. The van der Waals surface area contributed by atoms with Gasteiger partial charge in [-0.15, -0.1) is 0 Å². The van der Waals surface area contributed by atoms with E-state index in [0.29, 0.717) is 13.1 Å². The Morgan fingerprint density at radius 1 is 1.25 bits per heavy atom. The van der Waals surface area contributed by atoms with Crippen LogP contribution in [0.4, 0.5) is 4.79 Å². The van der Waals surface area contributed by atoms with E-state index in [1.807, 2.05) is 25.9 Å². The van der Waals surface area contributed by atoms with Gasteiger partial charge in [-0.25, -0.2) is 4.79 Å². The van der Waals surface area contributed by atoms with Crippen LogP contribution in [0.25, 0.3) is 0 Å². The molecule has 20 heavy (non-hydrogen) atoms. The molecule has 3 N–H and O–H groups in total. The van der Waals surface area contributed by atoms with Gasteiger partial charge < -0.3 is 25.3 Å². The van der Waals surface area contributed by atoms with E-state index in [1.54, 1.807) is 4.90 Å². The van der Waals surface area contributed by atoms with Crippen LogP contribution in [0.5, 0.6) is 0 Å². The topological polar surface area (TPSA) is 93.1 Å². The van der Waals surface area contributed by atoms with Gasteiger partial charge >= 0.3 is 12.0 Å². The van der Waals surface area contributed by atoms with Gasteiger partial charge in [-0.1, -0.05) is 0 Å². The smallest absolute Gasteiger partial charge is 0.317 e. The van der Waals surface area contributed by atoms with Crippen molar-refractivity contribution in [2.75, 3.05) is 40.3 Å². The molecule has 0 bridgehead atoms. The third-order valence-electron chi connectivity index (χ3n) is 2.85. The minimum Gasteiger partial charge on any atom is -0.481 e. The van der Waals surface area contributed by atoms with Gasteiger partial charge in [-0.2, -0.15) is 0 Å². The fourth-order valence-corrected chi connectivity index (χ4v) is 1.75. The predicted octanol–water partition coefficient (Wildman–Crippen LogP) is 0.195. The summed E-state index contributed by atoms with van der Waals surface area (Å²) in [7, 11) is 3.94. The Balaban J connectivity index is 4.18. The number of hydrogen-bond donors (Lipinski definition) is 3. The van der Waals surface area contributed by atoms with Crippen LogP contribution in [-0.4, -0.2) is 77.9 Å². The van der Waals surface area contributed by atoms with Crippen LogP contribution in [0.1, 0.15) is 26.7 Å². The van der Waals surface area contributed by atoms with Crippen LogP contribution in [0.2, 0.25) is 0 Å². The zero-order valence-electron chi connectivity index (χ0n) is 12.8. The Morgan fingerprint density at radius 3 is 2.30 bits per heavy atom. The highest BCUT2D eigenvalue weighted by Crippen LogP contribution is 2.07. The van der Waals surface area contributed by atoms with E-state index in [9.17, 15) is 14.7 Å². The number of carboxylic acids is 1. The molecule has 0 rings (SSSR count). The second-order valence-corrected chi connectivity index (χ2v) is 5.46. The number of carbonyl (C=O) groups is 2. The van der Waals surface area contributed by atoms with Crippen LogP contribution in [0, 0.1) is 0 Å². The summed E-state index contributed by atoms with van der Waals surface area (Å²) >= 11 is 0. The van der Waals surface area contributed by atoms with Gasteiger partial charge in [0.2, 0.25) is 0 Å². The summed E-state index contributed by atoms with van der Waals surface area (Å²) in [5.41, 5.74) is -1.44. The fourth-order valence-electron chi connectivity index (χ4n) is 1.75. The highest BCUT2D eigenvalue weighted by Gasteiger charge is 2.25. The first kappa shape index (κ1) is 18.7. The minimum atomic E-state index is -1.44. The molecule has 0 aliphatic rings. The highest BCUT2D eigenvalue weighted by atomic mass is 16.4. The molecule has 0 radical (unpaired) electrons. The molecule has 0 aromatic rings. The number of nitrogens with one attached hydrogen (secondary N) is 1. The first-order chi connectivity index (χ1) is 9.18. The molecule has 0 spiro atoms. The lowest BCUT2D eigenvalue weighted by Gasteiger charge is -2.26. The average molecular weight is 289 g/mol. The maximum atomic E-state index is 11.9. The van der Waals surface area contributed by atoms with Crippen molar-refractivity contribution in [3.8, 4) is 0 Å². The number of rotatable bonds is 9. The maximum Gasteiger partial charge on any atom is 0.317 e. The second-order valence-electron chi connectivity index (χ2n) is 5.46. The van der Waals surface area contributed by atoms with Crippen LogP contribution >= 0.6 is 0 Å². The summed E-state index contributed by atoms with van der Waals surface area (Å²) in [5.74, 6) is -1.09. The van der Waals surface area contributed by atoms with E-state index in [2.05, 4.69) is 5.32 Å². The molecule has 0 aliphatic carbocycles. The van der Waals surface area contributed by atoms with Crippen LogP contribution < -0.4 is 5.32 Å². The van der Waals surface area contributed by atoms with Gasteiger partial charge in [-0.3, -0.25) is 4.79 Å². The molecule has 7 nitrogen and oxygen atoms in total. The SMILES string of the molecule is CCN(CCCN(C)C)C(=O)NCC(C)(O)CC(=O)O. The molecule has 0 aliphatic heterocycles. The number of urea groups is 1. The zero-order valence-corrected chi connectivity index (χ0v) is 12.8. The lowest BCUT2D eigenvalue weighted by atomic mass is 10.0. The average Bonchev–Trinajstić information content (AvgIpc) is 2.30. The molecular formula is C13H27N3O4. The van der Waals surface area contributed by atoms with Crippen LogP contribution in [0.3, 0.4) is 0 Å². The van der Waals surface area contributed by atoms with E-state index >= 15 is 0 Å². The van der Waals surface area contributed by atoms with Crippen molar-refractivity contribution in [2.24, 2.45) is 0 Å². The Kier molecular flexibility index (Phi) is 8.17. The zero-order chi connectivity index (χ0) is 15.8. The highest BCUT2D eigenvalue weighted by molar-refractivity contribution is 5.74. The lowest BCUT2D eigenvalue weighted by molar-refractivity contribution is -0.141. The van der Waals surface area contributed by atoms with E-state index in [0.717, 1.165) is 13.0 Å². The van der Waals surface area contributed by atoms with Gasteiger partial charge in [0.1, 0.15) is 0 Å². The standard InChI is InChI=1S/C13H27N3O4/c1-5-16(8-6-7-15(3)4)12(19)14-10-13(2,20)9-11(17)18/h20H,5-10H2,1-4H3,(H,14,19)(H,17,18). The summed E-state index contributed by atoms with van der Waals surface area (Å²) in [6.07, 6.45) is 0.458.